The molecule has 1 fully saturated rings. The average Bonchev–Trinajstić information content (AvgIpc) is 3.41. The van der Waals surface area contributed by atoms with E-state index in [9.17, 15) is 4.79 Å². The first-order valence-corrected chi connectivity index (χ1v) is 10.6. The van der Waals surface area contributed by atoms with Gasteiger partial charge < -0.3 is 19.8 Å². The molecule has 0 saturated carbocycles. The molecule has 2 heterocycles. The zero-order valence-electron chi connectivity index (χ0n) is 17.4. The summed E-state index contributed by atoms with van der Waals surface area (Å²) in [6.45, 7) is 6.68. The highest BCUT2D eigenvalue weighted by atomic mass is 16.5. The van der Waals surface area contributed by atoms with Gasteiger partial charge in [-0.2, -0.15) is 0 Å². The minimum absolute atomic E-state index is 0.121. The van der Waals surface area contributed by atoms with Crippen LogP contribution in [0.4, 0.5) is 0 Å². The molecular weight excluding hydrogens is 356 g/mol. The van der Waals surface area contributed by atoms with E-state index in [0.717, 1.165) is 63.6 Å². The molecule has 158 valence electrons. The molecule has 7 nitrogen and oxygen atoms in total. The number of esters is 1. The molecule has 0 amide bonds. The molecule has 1 aliphatic heterocycles. The predicted molar refractivity (Wildman–Crippen MR) is 111 cm³/mol. The van der Waals surface area contributed by atoms with Crippen molar-refractivity contribution in [2.45, 2.75) is 57.9 Å². The van der Waals surface area contributed by atoms with E-state index in [1.54, 1.807) is 6.26 Å². The van der Waals surface area contributed by atoms with Crippen LogP contribution in [0, 0.1) is 0 Å². The van der Waals surface area contributed by atoms with Crippen molar-refractivity contribution in [1.82, 2.24) is 15.5 Å². The van der Waals surface area contributed by atoms with Crippen LogP contribution in [0.15, 0.2) is 27.8 Å². The van der Waals surface area contributed by atoms with Crippen LogP contribution in [-0.2, 0) is 9.53 Å². The lowest BCUT2D eigenvalue weighted by Crippen LogP contribution is -2.38. The number of nitrogens with zero attached hydrogens (tertiary/aromatic N) is 2. The molecule has 2 rings (SSSR count). The fourth-order valence-electron chi connectivity index (χ4n) is 3.50. The van der Waals surface area contributed by atoms with Crippen LogP contribution in [0.3, 0.4) is 0 Å². The summed E-state index contributed by atoms with van der Waals surface area (Å²) in [5.41, 5.74) is 0. The van der Waals surface area contributed by atoms with Gasteiger partial charge in [-0.15, -0.1) is 0 Å². The molecule has 2 N–H and O–H groups in total. The minimum atomic E-state index is -0.121. The lowest BCUT2D eigenvalue weighted by molar-refractivity contribution is -0.140. The molecule has 0 spiro atoms. The maximum absolute atomic E-state index is 11.1. The fourth-order valence-corrected chi connectivity index (χ4v) is 3.50. The van der Waals surface area contributed by atoms with E-state index in [2.05, 4.69) is 27.2 Å². The average molecular weight is 393 g/mol. The molecule has 0 aromatic carbocycles. The van der Waals surface area contributed by atoms with E-state index in [1.807, 2.05) is 12.1 Å². The van der Waals surface area contributed by atoms with Crippen LogP contribution >= 0.6 is 0 Å². The highest BCUT2D eigenvalue weighted by molar-refractivity contribution is 5.79. The highest BCUT2D eigenvalue weighted by Crippen LogP contribution is 2.25. The number of ether oxygens (including phenoxy) is 1. The van der Waals surface area contributed by atoms with Gasteiger partial charge in [0.05, 0.1) is 26.0 Å². The van der Waals surface area contributed by atoms with Crippen molar-refractivity contribution in [3.63, 3.8) is 0 Å². The van der Waals surface area contributed by atoms with Crippen molar-refractivity contribution in [2.75, 3.05) is 39.8 Å². The second-order valence-electron chi connectivity index (χ2n) is 7.16. The first kappa shape index (κ1) is 22.3. The maximum Gasteiger partial charge on any atom is 0.305 e. The largest absolute Gasteiger partial charge is 0.469 e. The van der Waals surface area contributed by atoms with Gasteiger partial charge in [0.25, 0.3) is 0 Å². The highest BCUT2D eigenvalue weighted by Gasteiger charge is 2.25. The molecule has 28 heavy (non-hydrogen) atoms. The number of unbranched alkanes of at least 4 members (excludes halogenated alkanes) is 3. The zero-order chi connectivity index (χ0) is 20.0. The molecule has 0 radical (unpaired) electrons. The van der Waals surface area contributed by atoms with Gasteiger partial charge in [-0.25, -0.2) is 0 Å². The van der Waals surface area contributed by atoms with Gasteiger partial charge in [-0.1, -0.05) is 12.8 Å². The number of nitrogens with one attached hydrogen (secondary N) is 2. The Hall–Kier alpha value is -2.02. The minimum Gasteiger partial charge on any atom is -0.469 e. The second kappa shape index (κ2) is 13.2. The third-order valence-electron chi connectivity index (χ3n) is 5.05. The Balaban J connectivity index is 1.76. The van der Waals surface area contributed by atoms with Crippen molar-refractivity contribution in [3.8, 4) is 0 Å². The Morgan fingerprint density at radius 1 is 1.25 bits per heavy atom. The number of hydrogen-bond acceptors (Lipinski definition) is 5. The van der Waals surface area contributed by atoms with Gasteiger partial charge in [0, 0.05) is 19.5 Å². The quantitative estimate of drug-likeness (QED) is 0.246. The second-order valence-corrected chi connectivity index (χ2v) is 7.16. The first-order valence-electron chi connectivity index (χ1n) is 10.6. The van der Waals surface area contributed by atoms with Crippen molar-refractivity contribution in [3.05, 3.63) is 24.2 Å². The summed E-state index contributed by atoms with van der Waals surface area (Å²) in [6, 6.07) is 4.20. The van der Waals surface area contributed by atoms with Crippen LogP contribution in [0.1, 0.15) is 63.7 Å². The van der Waals surface area contributed by atoms with Gasteiger partial charge in [0.15, 0.2) is 5.96 Å². The lowest BCUT2D eigenvalue weighted by atomic mass is 10.1. The van der Waals surface area contributed by atoms with E-state index >= 15 is 0 Å². The van der Waals surface area contributed by atoms with Gasteiger partial charge >= 0.3 is 5.97 Å². The van der Waals surface area contributed by atoms with Crippen molar-refractivity contribution >= 4 is 11.9 Å². The van der Waals surface area contributed by atoms with Crippen LogP contribution in [0.5, 0.6) is 0 Å². The normalized spacial score (nSPS) is 16.1. The summed E-state index contributed by atoms with van der Waals surface area (Å²) in [5.74, 6) is 1.73. The van der Waals surface area contributed by atoms with Crippen molar-refractivity contribution in [1.29, 1.82) is 0 Å². The smallest absolute Gasteiger partial charge is 0.305 e. The fraction of sp³-hybridized carbons (Fsp3) is 0.714. The number of guanidine groups is 1. The van der Waals surface area contributed by atoms with Crippen LogP contribution in [0.2, 0.25) is 0 Å². The molecule has 1 unspecified atom stereocenters. The van der Waals surface area contributed by atoms with E-state index in [-0.39, 0.29) is 12.0 Å². The number of furan rings is 1. The summed E-state index contributed by atoms with van der Waals surface area (Å²) in [5, 5.41) is 6.75. The number of methoxy groups -OCH3 is 1. The van der Waals surface area contributed by atoms with E-state index in [1.165, 1.54) is 20.0 Å². The van der Waals surface area contributed by atoms with Gasteiger partial charge in [-0.05, 0) is 57.8 Å². The number of hydrogen-bond donors (Lipinski definition) is 2. The summed E-state index contributed by atoms with van der Waals surface area (Å²) >= 11 is 0. The zero-order valence-corrected chi connectivity index (χ0v) is 17.4. The number of rotatable bonds is 12. The molecule has 7 heteroatoms. The first-order chi connectivity index (χ1) is 13.7. The Bertz CT molecular complexity index is 568. The molecular formula is C21H36N4O3. The number of likely N-dealkylation sites (tertiary alicyclic amines) is 1. The Kier molecular flexibility index (Phi) is 10.5. The standard InChI is InChI=1S/C21H36N4O3/c1-3-22-21(23-13-7-5-4-6-12-20(26)27-2)24-17-18(19-11-10-16-28-19)25-14-8-9-15-25/h10-11,16,18H,3-9,12-15,17H2,1-2H3,(H2,22,23,24). The van der Waals surface area contributed by atoms with E-state index in [4.69, 9.17) is 9.41 Å². The Labute approximate surface area is 168 Å². The third kappa shape index (κ3) is 7.92. The number of carbonyl (C=O) groups excluding carboxylic acids is 1. The van der Waals surface area contributed by atoms with Gasteiger partial charge in [0.2, 0.25) is 0 Å². The Morgan fingerprint density at radius 3 is 2.71 bits per heavy atom. The molecule has 1 aliphatic rings. The molecule has 1 saturated heterocycles. The van der Waals surface area contributed by atoms with E-state index < -0.39 is 0 Å². The SMILES string of the molecule is CCNC(=NCC(c1ccco1)N1CCCC1)NCCCCCCC(=O)OC. The predicted octanol–water partition coefficient (Wildman–Crippen LogP) is 3.10. The van der Waals surface area contributed by atoms with E-state index in [0.29, 0.717) is 13.0 Å². The van der Waals surface area contributed by atoms with Crippen molar-refractivity contribution in [2.24, 2.45) is 4.99 Å². The summed E-state index contributed by atoms with van der Waals surface area (Å²) in [6.07, 6.45) is 8.82. The monoisotopic (exact) mass is 392 g/mol. The molecule has 0 bridgehead atoms. The summed E-state index contributed by atoms with van der Waals surface area (Å²) in [4.78, 5) is 18.4. The van der Waals surface area contributed by atoms with Gasteiger partial charge in [0.1, 0.15) is 5.76 Å². The molecule has 1 atom stereocenters. The van der Waals surface area contributed by atoms with Crippen LogP contribution in [0.25, 0.3) is 0 Å². The Morgan fingerprint density at radius 2 is 2.04 bits per heavy atom. The summed E-state index contributed by atoms with van der Waals surface area (Å²) in [7, 11) is 1.44. The third-order valence-corrected chi connectivity index (χ3v) is 5.05. The molecule has 1 aromatic heterocycles. The number of carbonyl (C=O) groups is 1. The molecule has 0 aliphatic carbocycles. The van der Waals surface area contributed by atoms with Crippen LogP contribution in [-0.4, -0.2) is 56.7 Å². The van der Waals surface area contributed by atoms with Crippen LogP contribution < -0.4 is 10.6 Å². The molecule has 1 aromatic rings. The summed E-state index contributed by atoms with van der Waals surface area (Å²) < 4.78 is 10.3. The van der Waals surface area contributed by atoms with Gasteiger partial charge in [-0.3, -0.25) is 14.7 Å². The lowest BCUT2D eigenvalue weighted by Gasteiger charge is -2.24. The van der Waals surface area contributed by atoms with Crippen molar-refractivity contribution < 1.29 is 13.9 Å². The maximum atomic E-state index is 11.1. The topological polar surface area (TPSA) is 79.1 Å². The number of aliphatic imine (C=N–C) groups is 1.